The summed E-state index contributed by atoms with van der Waals surface area (Å²) in [5.41, 5.74) is 11.0. The van der Waals surface area contributed by atoms with E-state index in [1.807, 2.05) is 24.3 Å². The molecule has 0 saturated heterocycles. The van der Waals surface area contributed by atoms with Gasteiger partial charge in [0.25, 0.3) is 0 Å². The number of nitrogens with zero attached hydrogens (tertiary/aromatic N) is 2. The zero-order valence-corrected chi connectivity index (χ0v) is 17.1. The number of thiophene rings is 1. The third-order valence-electron chi connectivity index (χ3n) is 4.50. The lowest BCUT2D eigenvalue weighted by molar-refractivity contribution is 0.584. The van der Waals surface area contributed by atoms with Gasteiger partial charge in [0.15, 0.2) is 0 Å². The van der Waals surface area contributed by atoms with Crippen LogP contribution >= 0.6 is 23.1 Å². The Balaban J connectivity index is 1.90. The van der Waals surface area contributed by atoms with Gasteiger partial charge in [0.05, 0.1) is 15.6 Å². The molecular formula is C22H20FN3S2. The van der Waals surface area contributed by atoms with Gasteiger partial charge < -0.3 is 5.73 Å². The summed E-state index contributed by atoms with van der Waals surface area (Å²) >= 11 is 3.42. The highest BCUT2D eigenvalue weighted by Crippen LogP contribution is 2.45. The molecule has 0 unspecified atom stereocenters. The summed E-state index contributed by atoms with van der Waals surface area (Å²) in [7, 11) is 0. The van der Waals surface area contributed by atoms with E-state index < -0.39 is 5.95 Å². The zero-order chi connectivity index (χ0) is 19.5. The molecule has 0 atom stereocenters. The van der Waals surface area contributed by atoms with E-state index in [1.54, 1.807) is 29.2 Å². The van der Waals surface area contributed by atoms with Crippen LogP contribution in [0.25, 0.3) is 32.6 Å². The Morgan fingerprint density at radius 3 is 2.64 bits per heavy atom. The summed E-state index contributed by atoms with van der Waals surface area (Å²) in [5, 5.41) is 0.994. The van der Waals surface area contributed by atoms with E-state index in [1.165, 1.54) is 12.3 Å². The van der Waals surface area contributed by atoms with Crippen molar-refractivity contribution in [2.24, 2.45) is 0 Å². The van der Waals surface area contributed by atoms with Crippen molar-refractivity contribution < 1.29 is 4.39 Å². The highest BCUT2D eigenvalue weighted by atomic mass is 32.2. The molecule has 142 valence electrons. The maximum absolute atomic E-state index is 13.3. The summed E-state index contributed by atoms with van der Waals surface area (Å²) in [6.07, 6.45) is 3.84. The van der Waals surface area contributed by atoms with Crippen molar-refractivity contribution in [1.29, 1.82) is 0 Å². The largest absolute Gasteiger partial charge is 0.397 e. The molecule has 2 N–H and O–H groups in total. The minimum absolute atomic E-state index is 0.497. The number of benzene rings is 1. The number of thioether (sulfide) groups is 1. The predicted octanol–water partition coefficient (Wildman–Crippen LogP) is 6.64. The van der Waals surface area contributed by atoms with Crippen LogP contribution in [-0.2, 0) is 0 Å². The van der Waals surface area contributed by atoms with Gasteiger partial charge in [-0.05, 0) is 41.5 Å². The number of fused-ring (bicyclic) bond motifs is 1. The normalized spacial score (nSPS) is 11.2. The van der Waals surface area contributed by atoms with Crippen molar-refractivity contribution in [2.45, 2.75) is 24.0 Å². The van der Waals surface area contributed by atoms with Crippen molar-refractivity contribution in [3.05, 3.63) is 60.7 Å². The quantitative estimate of drug-likeness (QED) is 0.220. The van der Waals surface area contributed by atoms with Crippen molar-refractivity contribution >= 4 is 39.0 Å². The maximum Gasteiger partial charge on any atom is 0.212 e. The third kappa shape index (κ3) is 3.75. The number of hydrogen-bond donors (Lipinski definition) is 1. The molecule has 0 spiro atoms. The fraction of sp³-hybridized carbons (Fsp3) is 0.182. The number of nitrogens with two attached hydrogens (primary N) is 1. The number of rotatable bonds is 6. The van der Waals surface area contributed by atoms with Gasteiger partial charge in [0, 0.05) is 17.1 Å². The Bertz CT molecular complexity index is 1090. The SMILES string of the molecule is CCCCSc1sc2nc(-c3ccc(F)nc3)cc(-c3ccccc3)c2c1N. The number of pyridine rings is 2. The molecule has 0 aliphatic rings. The van der Waals surface area contributed by atoms with E-state index in [0.29, 0.717) is 0 Å². The van der Waals surface area contributed by atoms with E-state index >= 15 is 0 Å². The molecule has 3 aromatic heterocycles. The Morgan fingerprint density at radius 1 is 1.11 bits per heavy atom. The van der Waals surface area contributed by atoms with Gasteiger partial charge in [-0.15, -0.1) is 23.1 Å². The first-order chi connectivity index (χ1) is 13.7. The molecule has 6 heteroatoms. The molecule has 0 fully saturated rings. The molecule has 28 heavy (non-hydrogen) atoms. The van der Waals surface area contributed by atoms with E-state index in [9.17, 15) is 4.39 Å². The smallest absolute Gasteiger partial charge is 0.212 e. The van der Waals surface area contributed by atoms with Gasteiger partial charge in [-0.25, -0.2) is 9.97 Å². The summed E-state index contributed by atoms with van der Waals surface area (Å²) in [6, 6.07) is 15.3. The fourth-order valence-corrected chi connectivity index (χ4v) is 5.49. The number of nitrogen functional groups attached to an aromatic ring is 1. The molecule has 0 saturated carbocycles. The monoisotopic (exact) mass is 409 g/mol. The Hall–Kier alpha value is -2.44. The van der Waals surface area contributed by atoms with Crippen LogP contribution in [0.4, 0.5) is 10.1 Å². The Kier molecular flexibility index (Phi) is 5.59. The second-order valence-electron chi connectivity index (χ2n) is 6.48. The minimum Gasteiger partial charge on any atom is -0.397 e. The average Bonchev–Trinajstić information content (AvgIpc) is 3.04. The lowest BCUT2D eigenvalue weighted by Crippen LogP contribution is -1.92. The van der Waals surface area contributed by atoms with Gasteiger partial charge in [-0.1, -0.05) is 43.7 Å². The van der Waals surface area contributed by atoms with Crippen LogP contribution in [0.3, 0.4) is 0 Å². The fourth-order valence-electron chi connectivity index (χ4n) is 3.04. The van der Waals surface area contributed by atoms with Gasteiger partial charge >= 0.3 is 0 Å². The summed E-state index contributed by atoms with van der Waals surface area (Å²) < 4.78 is 14.4. The molecule has 1 aromatic carbocycles. The molecule has 0 aliphatic heterocycles. The van der Waals surface area contributed by atoms with Crippen LogP contribution in [0.5, 0.6) is 0 Å². The number of hydrogen-bond acceptors (Lipinski definition) is 5. The lowest BCUT2D eigenvalue weighted by Gasteiger charge is -2.08. The van der Waals surface area contributed by atoms with Crippen LogP contribution in [0, 0.1) is 5.95 Å². The third-order valence-corrected chi connectivity index (χ3v) is 6.98. The van der Waals surface area contributed by atoms with Gasteiger partial charge in [-0.3, -0.25) is 0 Å². The van der Waals surface area contributed by atoms with Crippen LogP contribution in [0.1, 0.15) is 19.8 Å². The number of halogens is 1. The van der Waals surface area contributed by atoms with Crippen LogP contribution in [0.2, 0.25) is 0 Å². The number of anilines is 1. The Morgan fingerprint density at radius 2 is 1.93 bits per heavy atom. The van der Waals surface area contributed by atoms with Crippen molar-refractivity contribution in [3.8, 4) is 22.4 Å². The van der Waals surface area contributed by atoms with Gasteiger partial charge in [0.1, 0.15) is 4.83 Å². The maximum atomic E-state index is 13.3. The summed E-state index contributed by atoms with van der Waals surface area (Å²) in [4.78, 5) is 9.51. The first-order valence-corrected chi connectivity index (χ1v) is 11.0. The molecule has 4 rings (SSSR count). The number of aromatic nitrogens is 2. The minimum atomic E-state index is -0.497. The molecule has 3 heterocycles. The second kappa shape index (κ2) is 8.29. The van der Waals surface area contributed by atoms with E-state index in [2.05, 4.69) is 24.0 Å². The van der Waals surface area contributed by atoms with Crippen LogP contribution in [-0.4, -0.2) is 15.7 Å². The standard InChI is InChI=1S/C22H20FN3S2/c1-2-3-11-27-22-20(24)19-16(14-7-5-4-6-8-14)12-17(26-21(19)28-22)15-9-10-18(23)25-13-15/h4-10,12-13H,2-3,11,24H2,1H3. The molecular weight excluding hydrogens is 389 g/mol. The molecule has 0 bridgehead atoms. The number of unbranched alkanes of at least 4 members (excludes halogenated alkanes) is 1. The molecule has 3 nitrogen and oxygen atoms in total. The van der Waals surface area contributed by atoms with Crippen LogP contribution in [0.15, 0.2) is 58.9 Å². The van der Waals surface area contributed by atoms with Gasteiger partial charge in [-0.2, -0.15) is 4.39 Å². The highest BCUT2D eigenvalue weighted by molar-refractivity contribution is 8.01. The lowest BCUT2D eigenvalue weighted by atomic mass is 10.0. The average molecular weight is 410 g/mol. The van der Waals surface area contributed by atoms with Crippen molar-refractivity contribution in [3.63, 3.8) is 0 Å². The first kappa shape index (κ1) is 18.9. The molecule has 4 aromatic rings. The zero-order valence-electron chi connectivity index (χ0n) is 15.5. The van der Waals surface area contributed by atoms with E-state index in [0.717, 1.165) is 61.1 Å². The molecule has 0 aliphatic carbocycles. The summed E-state index contributed by atoms with van der Waals surface area (Å²) in [5.74, 6) is 0.547. The van der Waals surface area contributed by atoms with Crippen molar-refractivity contribution in [1.82, 2.24) is 9.97 Å². The van der Waals surface area contributed by atoms with E-state index in [-0.39, 0.29) is 0 Å². The predicted molar refractivity (Wildman–Crippen MR) is 118 cm³/mol. The second-order valence-corrected chi connectivity index (χ2v) is 8.84. The van der Waals surface area contributed by atoms with Crippen molar-refractivity contribution in [2.75, 3.05) is 11.5 Å². The molecule has 0 radical (unpaired) electrons. The topological polar surface area (TPSA) is 51.8 Å². The Labute approximate surface area is 171 Å². The van der Waals surface area contributed by atoms with Crippen LogP contribution < -0.4 is 5.73 Å². The first-order valence-electron chi connectivity index (χ1n) is 9.20. The van der Waals surface area contributed by atoms with Gasteiger partial charge in [0.2, 0.25) is 5.95 Å². The molecule has 0 amide bonds. The highest BCUT2D eigenvalue weighted by Gasteiger charge is 2.18. The summed E-state index contributed by atoms with van der Waals surface area (Å²) in [6.45, 7) is 2.19. The van der Waals surface area contributed by atoms with E-state index in [4.69, 9.17) is 10.7 Å².